The molecule has 0 radical (unpaired) electrons. The van der Waals surface area contributed by atoms with Crippen LogP contribution in [-0.4, -0.2) is 18.6 Å². The summed E-state index contributed by atoms with van der Waals surface area (Å²) in [5, 5.41) is 12.3. The van der Waals surface area contributed by atoms with Crippen LogP contribution in [0.2, 0.25) is 0 Å². The first-order valence-corrected chi connectivity index (χ1v) is 10.8. The lowest BCUT2D eigenvalue weighted by Crippen LogP contribution is -2.13. The summed E-state index contributed by atoms with van der Waals surface area (Å²) in [6.45, 7) is 0. The molecule has 4 aromatic carbocycles. The second-order valence-corrected chi connectivity index (χ2v) is 9.13. The van der Waals surface area contributed by atoms with Gasteiger partial charge in [0.25, 0.3) is 10.0 Å². The molecule has 0 aliphatic carbocycles. The predicted octanol–water partition coefficient (Wildman–Crippen LogP) is 4.75. The maximum Gasteiger partial charge on any atom is 0.262 e. The smallest absolute Gasteiger partial charge is 0.262 e. The summed E-state index contributed by atoms with van der Waals surface area (Å²) in [6, 6.07) is 18.3. The van der Waals surface area contributed by atoms with Crippen molar-refractivity contribution >= 4 is 54.1 Å². The zero-order valence-corrected chi connectivity index (χ0v) is 16.0. The van der Waals surface area contributed by atoms with Gasteiger partial charge in [0.05, 0.1) is 10.6 Å². The topological polar surface area (TPSA) is 83.5 Å². The minimum absolute atomic E-state index is 0.0763. The molecule has 2 N–H and O–H groups in total. The number of fused-ring (bicyclic) bond motifs is 1. The molecule has 138 valence electrons. The molecule has 0 saturated heterocycles. The fourth-order valence-corrected chi connectivity index (χ4v) is 5.79. The molecule has 5 nitrogen and oxygen atoms in total. The number of carbonyl (C=O) groups excluding carboxylic acids is 1. The van der Waals surface area contributed by atoms with Gasteiger partial charge in [0.15, 0.2) is 0 Å². The Hall–Kier alpha value is -3.03. The van der Waals surface area contributed by atoms with E-state index in [1.54, 1.807) is 48.5 Å². The second kappa shape index (κ2) is 5.98. The summed E-state index contributed by atoms with van der Waals surface area (Å²) in [5.41, 5.74) is 0.909. The van der Waals surface area contributed by atoms with Crippen molar-refractivity contribution in [3.05, 3.63) is 72.3 Å². The highest BCUT2D eigenvalue weighted by Gasteiger charge is 2.27. The number of hydrogen-bond acceptors (Lipinski definition) is 5. The molecular weight excluding hydrogens is 394 g/mol. The molecule has 0 fully saturated rings. The molecule has 0 aromatic heterocycles. The first kappa shape index (κ1) is 17.1. The van der Waals surface area contributed by atoms with E-state index in [0.717, 1.165) is 16.7 Å². The molecule has 0 amide bonds. The van der Waals surface area contributed by atoms with Gasteiger partial charge < -0.3 is 5.11 Å². The lowest BCUT2D eigenvalue weighted by atomic mass is 10.1. The number of sulfonamides is 1. The summed E-state index contributed by atoms with van der Waals surface area (Å²) >= 11 is 1.11. The van der Waals surface area contributed by atoms with Crippen molar-refractivity contribution in [2.75, 3.05) is 4.72 Å². The monoisotopic (exact) mass is 407 g/mol. The van der Waals surface area contributed by atoms with Crippen molar-refractivity contribution in [2.24, 2.45) is 0 Å². The Morgan fingerprint density at radius 3 is 2.39 bits per heavy atom. The Balaban J connectivity index is 1.69. The number of hydrogen-bond donors (Lipinski definition) is 2. The van der Waals surface area contributed by atoms with Crippen molar-refractivity contribution < 1.29 is 18.3 Å². The molecule has 0 atom stereocenters. The number of carbonyl (C=O) groups is 1. The van der Waals surface area contributed by atoms with Crippen molar-refractivity contribution in [3.63, 3.8) is 0 Å². The van der Waals surface area contributed by atoms with Crippen LogP contribution in [0.4, 0.5) is 5.69 Å². The minimum Gasteiger partial charge on any atom is -0.507 e. The molecule has 0 saturated carbocycles. The van der Waals surface area contributed by atoms with Gasteiger partial charge in [-0.1, -0.05) is 36.4 Å². The third-order valence-electron chi connectivity index (χ3n) is 4.82. The molecule has 0 unspecified atom stereocenters. The van der Waals surface area contributed by atoms with Crippen LogP contribution in [0.1, 0.15) is 10.4 Å². The Kier molecular flexibility index (Phi) is 3.65. The van der Waals surface area contributed by atoms with E-state index < -0.39 is 10.0 Å². The Morgan fingerprint density at radius 1 is 0.821 bits per heavy atom. The highest BCUT2D eigenvalue weighted by molar-refractivity contribution is 8.14. The Morgan fingerprint density at radius 2 is 1.57 bits per heavy atom. The molecular formula is C21H13NO4S2. The summed E-state index contributed by atoms with van der Waals surface area (Å²) < 4.78 is 29.0. The summed E-state index contributed by atoms with van der Waals surface area (Å²) in [6.07, 6.45) is 0. The van der Waals surface area contributed by atoms with Crippen LogP contribution in [0.25, 0.3) is 21.5 Å². The van der Waals surface area contributed by atoms with E-state index >= 15 is 0 Å². The van der Waals surface area contributed by atoms with Crippen LogP contribution < -0.4 is 4.72 Å². The van der Waals surface area contributed by atoms with E-state index in [1.807, 2.05) is 0 Å². The number of nitrogens with one attached hydrogen (secondary N) is 1. The van der Waals surface area contributed by atoms with E-state index in [4.69, 9.17) is 0 Å². The molecule has 28 heavy (non-hydrogen) atoms. The summed E-state index contributed by atoms with van der Waals surface area (Å²) in [7, 11) is -3.92. The van der Waals surface area contributed by atoms with Crippen LogP contribution in [0.15, 0.2) is 76.5 Å². The normalized spacial score (nSPS) is 13.4. The first-order valence-electron chi connectivity index (χ1n) is 8.47. The lowest BCUT2D eigenvalue weighted by Gasteiger charge is -2.13. The van der Waals surface area contributed by atoms with Crippen LogP contribution in [-0.2, 0) is 10.0 Å². The van der Waals surface area contributed by atoms with Crippen molar-refractivity contribution in [1.29, 1.82) is 0 Å². The summed E-state index contributed by atoms with van der Waals surface area (Å²) in [4.78, 5) is 13.0. The summed E-state index contributed by atoms with van der Waals surface area (Å²) in [5.74, 6) is 0.0828. The minimum atomic E-state index is -3.92. The highest BCUT2D eigenvalue weighted by atomic mass is 32.2. The zero-order chi connectivity index (χ0) is 19.5. The predicted molar refractivity (Wildman–Crippen MR) is 111 cm³/mol. The van der Waals surface area contributed by atoms with Gasteiger partial charge in [-0.15, -0.1) is 0 Å². The highest BCUT2D eigenvalue weighted by Crippen LogP contribution is 2.42. The number of phenols is 1. The largest absolute Gasteiger partial charge is 0.507 e. The van der Waals surface area contributed by atoms with Gasteiger partial charge in [0, 0.05) is 32.0 Å². The number of aromatic hydroxyl groups is 1. The van der Waals surface area contributed by atoms with E-state index in [9.17, 15) is 18.3 Å². The van der Waals surface area contributed by atoms with E-state index in [-0.39, 0.29) is 15.8 Å². The average Bonchev–Trinajstić information content (AvgIpc) is 3.02. The third kappa shape index (κ3) is 2.47. The van der Waals surface area contributed by atoms with Gasteiger partial charge in [0.2, 0.25) is 5.12 Å². The fraction of sp³-hybridized carbons (Fsp3) is 0. The van der Waals surface area contributed by atoms with Gasteiger partial charge >= 0.3 is 0 Å². The Labute approximate surface area is 165 Å². The molecule has 4 aromatic rings. The number of anilines is 1. The number of rotatable bonds is 3. The number of phenolic OH excluding ortho intramolecular Hbond substituents is 1. The van der Waals surface area contributed by atoms with Crippen LogP contribution >= 0.6 is 11.8 Å². The Bertz CT molecular complexity index is 1410. The maximum atomic E-state index is 13.2. The van der Waals surface area contributed by atoms with Crippen molar-refractivity contribution in [1.82, 2.24) is 0 Å². The van der Waals surface area contributed by atoms with E-state index in [1.165, 1.54) is 18.2 Å². The van der Waals surface area contributed by atoms with Crippen LogP contribution in [0.3, 0.4) is 0 Å². The molecule has 1 aliphatic heterocycles. The van der Waals surface area contributed by atoms with Gasteiger partial charge in [0.1, 0.15) is 5.75 Å². The van der Waals surface area contributed by atoms with Crippen LogP contribution in [0, 0.1) is 0 Å². The molecule has 1 aliphatic rings. The quantitative estimate of drug-likeness (QED) is 0.479. The maximum absolute atomic E-state index is 13.2. The van der Waals surface area contributed by atoms with Crippen molar-refractivity contribution in [3.8, 4) is 5.75 Å². The van der Waals surface area contributed by atoms with Gasteiger partial charge in [-0.05, 0) is 42.1 Å². The molecule has 0 spiro atoms. The molecule has 7 heteroatoms. The number of thioether (sulfide) groups is 1. The lowest BCUT2D eigenvalue weighted by molar-refractivity contribution is 0.109. The SMILES string of the molecule is O=C1Sc2ccc(S(=O)(=O)Nc3ccc(O)c4ccccc34)c3cccc1c23. The van der Waals surface area contributed by atoms with Gasteiger partial charge in [-0.2, -0.15) is 0 Å². The van der Waals surface area contributed by atoms with Crippen LogP contribution in [0.5, 0.6) is 5.75 Å². The third-order valence-corrected chi connectivity index (χ3v) is 7.21. The fourth-order valence-electron chi connectivity index (χ4n) is 3.56. The zero-order valence-electron chi connectivity index (χ0n) is 14.3. The standard InChI is InChI=1S/C21H13NO4S2/c23-17-9-8-16(12-4-1-2-5-13(12)17)22-28(25,26)19-11-10-18-20-14(19)6-3-7-15(20)21(24)27-18/h1-11,22-23H. The second-order valence-electron chi connectivity index (χ2n) is 6.46. The first-order chi connectivity index (χ1) is 13.5. The van der Waals surface area contributed by atoms with Crippen molar-refractivity contribution in [2.45, 2.75) is 9.79 Å². The molecule has 1 heterocycles. The van der Waals surface area contributed by atoms with E-state index in [2.05, 4.69) is 4.72 Å². The number of benzene rings is 4. The van der Waals surface area contributed by atoms with Gasteiger partial charge in [-0.25, -0.2) is 8.42 Å². The van der Waals surface area contributed by atoms with E-state index in [0.29, 0.717) is 32.8 Å². The molecule has 5 rings (SSSR count). The average molecular weight is 407 g/mol. The molecule has 0 bridgehead atoms. The van der Waals surface area contributed by atoms with Gasteiger partial charge in [-0.3, -0.25) is 9.52 Å².